The van der Waals surface area contributed by atoms with Crippen LogP contribution in [0.1, 0.15) is 33.6 Å². The lowest BCUT2D eigenvalue weighted by Gasteiger charge is -2.16. The molecule has 0 spiro atoms. The number of ether oxygens (including phenoxy) is 1. The van der Waals surface area contributed by atoms with Gasteiger partial charge in [-0.2, -0.15) is 4.37 Å². The van der Waals surface area contributed by atoms with Crippen LogP contribution in [0.3, 0.4) is 0 Å². The van der Waals surface area contributed by atoms with E-state index in [2.05, 4.69) is 14.4 Å². The molecular formula is C13H23N3O3S. The van der Waals surface area contributed by atoms with Gasteiger partial charge in [-0.15, -0.1) is 0 Å². The Labute approximate surface area is 123 Å². The van der Waals surface area contributed by atoms with Crippen molar-refractivity contribution in [2.45, 2.75) is 45.3 Å². The van der Waals surface area contributed by atoms with Gasteiger partial charge in [-0.1, -0.05) is 0 Å². The molecule has 2 heterocycles. The van der Waals surface area contributed by atoms with Crippen LogP contribution in [0.25, 0.3) is 10.6 Å². The van der Waals surface area contributed by atoms with Gasteiger partial charge in [0.25, 0.3) is 6.47 Å². The summed E-state index contributed by atoms with van der Waals surface area (Å²) in [5.41, 5.74) is 6.95. The summed E-state index contributed by atoms with van der Waals surface area (Å²) < 4.78 is 8.41. The molecule has 0 aromatic rings. The summed E-state index contributed by atoms with van der Waals surface area (Å²) in [6, 6.07) is 0. The molecule has 2 aliphatic heterocycles. The number of anilines is 1. The van der Waals surface area contributed by atoms with Gasteiger partial charge in [-0.05, 0) is 58.2 Å². The van der Waals surface area contributed by atoms with E-state index in [9.17, 15) is 4.79 Å². The molecule has 114 valence electrons. The van der Waals surface area contributed by atoms with Gasteiger partial charge in [0, 0.05) is 0 Å². The highest BCUT2D eigenvalue weighted by atomic mass is 32.1. The van der Waals surface area contributed by atoms with Gasteiger partial charge in [0.1, 0.15) is 16.2 Å². The van der Waals surface area contributed by atoms with E-state index in [0.29, 0.717) is 6.47 Å². The number of hydrogen-bond donors (Lipinski definition) is 3. The average Bonchev–Trinajstić information content (AvgIpc) is 2.75. The topological polar surface area (TPSA) is 97.5 Å². The fourth-order valence-corrected chi connectivity index (χ4v) is 1.99. The molecule has 0 saturated carbocycles. The van der Waals surface area contributed by atoms with E-state index in [-0.39, 0.29) is 11.7 Å². The number of nitrogen functional groups attached to an aromatic ring is 1. The van der Waals surface area contributed by atoms with Gasteiger partial charge < -0.3 is 20.9 Å². The summed E-state index contributed by atoms with van der Waals surface area (Å²) in [6.07, 6.45) is 1.83. The predicted molar refractivity (Wildman–Crippen MR) is 80.5 cm³/mol. The molecule has 0 atom stereocenters. The van der Waals surface area contributed by atoms with Crippen LogP contribution in [-0.4, -0.2) is 40.7 Å². The summed E-state index contributed by atoms with van der Waals surface area (Å²) in [4.78, 5) is 10.8. The van der Waals surface area contributed by atoms with Crippen molar-refractivity contribution >= 4 is 23.7 Å². The Morgan fingerprint density at radius 2 is 2.00 bits per heavy atom. The number of hydrogen-bond acceptors (Lipinski definition) is 7. The van der Waals surface area contributed by atoms with Crippen molar-refractivity contribution in [2.24, 2.45) is 0 Å². The van der Waals surface area contributed by atoms with Crippen molar-refractivity contribution in [3.8, 4) is 10.6 Å². The van der Waals surface area contributed by atoms with E-state index < -0.39 is 0 Å². The number of nitrogens with zero attached hydrogens (tertiary/aromatic N) is 1. The smallest absolute Gasteiger partial charge is 0.293 e. The van der Waals surface area contributed by atoms with Gasteiger partial charge in [-0.3, -0.25) is 4.79 Å². The van der Waals surface area contributed by atoms with Crippen LogP contribution in [0.4, 0.5) is 5.69 Å². The Morgan fingerprint density at radius 1 is 1.45 bits per heavy atom. The quantitative estimate of drug-likeness (QED) is 0.689. The lowest BCUT2D eigenvalue weighted by atomic mass is 10.1. The normalized spacial score (nSPS) is 16.2. The summed E-state index contributed by atoms with van der Waals surface area (Å²) >= 11 is 1.48. The highest BCUT2D eigenvalue weighted by Crippen LogP contribution is 2.50. The second-order valence-corrected chi connectivity index (χ2v) is 6.35. The van der Waals surface area contributed by atoms with E-state index in [1.54, 1.807) is 0 Å². The summed E-state index contributed by atoms with van der Waals surface area (Å²) in [7, 11) is 0. The molecule has 1 saturated heterocycles. The van der Waals surface area contributed by atoms with Crippen molar-refractivity contribution in [1.29, 1.82) is 0 Å². The predicted octanol–water partition coefficient (Wildman–Crippen LogP) is 1.39. The number of aliphatic hydroxyl groups is 1. The van der Waals surface area contributed by atoms with E-state index in [0.717, 1.165) is 37.3 Å². The monoisotopic (exact) mass is 301 g/mol. The first kappa shape index (κ1) is 16.9. The Morgan fingerprint density at radius 3 is 2.10 bits per heavy atom. The van der Waals surface area contributed by atoms with Crippen molar-refractivity contribution < 1.29 is 14.6 Å². The van der Waals surface area contributed by atoms with Gasteiger partial charge in [0.15, 0.2) is 0 Å². The van der Waals surface area contributed by atoms with Crippen molar-refractivity contribution in [3.63, 3.8) is 0 Å². The van der Waals surface area contributed by atoms with Crippen LogP contribution in [0, 0.1) is 0 Å². The number of carbonyl (C=O) groups is 1. The third kappa shape index (κ3) is 6.31. The largest absolute Gasteiger partial charge is 0.462 e. The standard InChI is InChI=1S/C5H11NO.C5H10O2.C3H2N2S/c7-5-1-3-6-4-2-5;1-5(2,3)7-4-6;4-1-2-3(1)6-5-2/h5-7H,1-4H2;4H,1-3H3;4H2. The van der Waals surface area contributed by atoms with Gasteiger partial charge in [0.05, 0.1) is 11.8 Å². The molecule has 0 amide bonds. The highest BCUT2D eigenvalue weighted by molar-refractivity contribution is 7.14. The van der Waals surface area contributed by atoms with Crippen LogP contribution >= 0.6 is 11.5 Å². The van der Waals surface area contributed by atoms with E-state index in [4.69, 9.17) is 10.8 Å². The Bertz CT molecular complexity index is 403. The van der Waals surface area contributed by atoms with E-state index in [1.165, 1.54) is 16.4 Å². The molecule has 0 bridgehead atoms. The fourth-order valence-electron chi connectivity index (χ4n) is 1.36. The maximum atomic E-state index is 9.60. The Hall–Kier alpha value is -1.18. The number of carbonyl (C=O) groups excluding carboxylic acids is 1. The van der Waals surface area contributed by atoms with E-state index in [1.807, 2.05) is 20.8 Å². The second kappa shape index (κ2) is 7.56. The van der Waals surface area contributed by atoms with Gasteiger partial charge in [-0.25, -0.2) is 0 Å². The van der Waals surface area contributed by atoms with E-state index >= 15 is 0 Å². The molecule has 3 aliphatic rings. The molecule has 1 fully saturated rings. The molecule has 0 unspecified atom stereocenters. The van der Waals surface area contributed by atoms with Crippen molar-refractivity contribution in [3.05, 3.63) is 0 Å². The molecule has 0 radical (unpaired) electrons. The summed E-state index contributed by atoms with van der Waals surface area (Å²) in [5, 5.41) is 12.0. The van der Waals surface area contributed by atoms with Crippen LogP contribution in [0.15, 0.2) is 0 Å². The first-order valence-electron chi connectivity index (χ1n) is 6.61. The molecule has 7 heteroatoms. The second-order valence-electron chi connectivity index (χ2n) is 5.58. The lowest BCUT2D eigenvalue weighted by Crippen LogP contribution is -2.30. The van der Waals surface area contributed by atoms with Crippen LogP contribution in [0.2, 0.25) is 0 Å². The van der Waals surface area contributed by atoms with Crippen LogP contribution in [0.5, 0.6) is 0 Å². The third-order valence-corrected chi connectivity index (χ3v) is 3.46. The van der Waals surface area contributed by atoms with Gasteiger partial charge >= 0.3 is 0 Å². The third-order valence-electron chi connectivity index (χ3n) is 2.59. The average molecular weight is 301 g/mol. The van der Waals surface area contributed by atoms with Gasteiger partial charge in [0.2, 0.25) is 0 Å². The summed E-state index contributed by atoms with van der Waals surface area (Å²) in [5.74, 6) is 0. The number of rotatable bonds is 1. The lowest BCUT2D eigenvalue weighted by molar-refractivity contribution is -0.138. The number of aliphatic hydroxyl groups excluding tert-OH is 1. The first-order valence-corrected chi connectivity index (χ1v) is 7.38. The molecule has 4 N–H and O–H groups in total. The zero-order chi connectivity index (χ0) is 15.2. The molecule has 0 aromatic heterocycles. The molecule has 1 aliphatic carbocycles. The molecular weight excluding hydrogens is 278 g/mol. The van der Waals surface area contributed by atoms with Crippen molar-refractivity contribution in [2.75, 3.05) is 18.8 Å². The minimum Gasteiger partial charge on any atom is -0.462 e. The maximum Gasteiger partial charge on any atom is 0.293 e. The number of aromatic nitrogens is 1. The molecule has 6 nitrogen and oxygen atoms in total. The summed E-state index contributed by atoms with van der Waals surface area (Å²) in [6.45, 7) is 7.90. The number of fused-ring (bicyclic) bond motifs is 1. The SMILES string of the molecule is CC(C)(C)OC=O.Nc1c2nsc1-2.OC1CCNCC1. The first-order chi connectivity index (χ1) is 9.35. The molecule has 20 heavy (non-hydrogen) atoms. The van der Waals surface area contributed by atoms with Crippen LogP contribution in [-0.2, 0) is 9.53 Å². The maximum absolute atomic E-state index is 9.60. The minimum absolute atomic E-state index is 0.0266. The zero-order valence-electron chi connectivity index (χ0n) is 12.2. The highest BCUT2D eigenvalue weighted by Gasteiger charge is 2.27. The number of piperidine rings is 1. The Kier molecular flexibility index (Phi) is 6.38. The number of nitrogens with one attached hydrogen (secondary N) is 1. The minimum atomic E-state index is -0.318. The van der Waals surface area contributed by atoms with Crippen molar-refractivity contribution in [1.82, 2.24) is 9.69 Å². The van der Waals surface area contributed by atoms with Crippen LogP contribution < -0.4 is 11.1 Å². The molecule has 3 rings (SSSR count). The number of nitrogens with two attached hydrogens (primary N) is 1. The Balaban J connectivity index is 0.000000150. The molecule has 0 aromatic carbocycles. The fraction of sp³-hybridized carbons (Fsp3) is 0.692. The zero-order valence-corrected chi connectivity index (χ0v) is 13.0.